The van der Waals surface area contributed by atoms with Gasteiger partial charge in [0.25, 0.3) is 11.6 Å². The Morgan fingerprint density at radius 2 is 2.05 bits per heavy atom. The molecule has 0 aliphatic rings. The van der Waals surface area contributed by atoms with E-state index in [-0.39, 0.29) is 16.9 Å². The molecule has 0 heterocycles. The zero-order valence-corrected chi connectivity index (χ0v) is 10.6. The van der Waals surface area contributed by atoms with Gasteiger partial charge in [0.1, 0.15) is 5.75 Å². The fourth-order valence-corrected chi connectivity index (χ4v) is 1.66. The Labute approximate surface area is 119 Å². The summed E-state index contributed by atoms with van der Waals surface area (Å²) >= 11 is 0. The molecule has 0 spiro atoms. The van der Waals surface area contributed by atoms with Gasteiger partial charge in [0.05, 0.1) is 28.3 Å². The van der Waals surface area contributed by atoms with Crippen molar-refractivity contribution in [1.29, 1.82) is 5.26 Å². The summed E-state index contributed by atoms with van der Waals surface area (Å²) in [6.45, 7) is 0. The van der Waals surface area contributed by atoms with E-state index < -0.39 is 16.6 Å². The summed E-state index contributed by atoms with van der Waals surface area (Å²) in [4.78, 5) is 21.9. The number of hydrogen-bond acceptors (Lipinski definition) is 5. The number of nitriles is 1. The highest BCUT2D eigenvalue weighted by Gasteiger charge is 2.13. The molecule has 104 valence electrons. The summed E-state index contributed by atoms with van der Waals surface area (Å²) in [6.07, 6.45) is 0. The molecule has 21 heavy (non-hydrogen) atoms. The second-order valence-electron chi connectivity index (χ2n) is 4.11. The summed E-state index contributed by atoms with van der Waals surface area (Å²) in [7, 11) is 0. The molecular weight excluding hydrogens is 274 g/mol. The maximum absolute atomic E-state index is 12.0. The van der Waals surface area contributed by atoms with E-state index >= 15 is 0 Å². The second-order valence-corrected chi connectivity index (χ2v) is 4.11. The van der Waals surface area contributed by atoms with Crippen LogP contribution in [0, 0.1) is 21.4 Å². The van der Waals surface area contributed by atoms with Crippen LogP contribution in [-0.2, 0) is 0 Å². The van der Waals surface area contributed by atoms with Crippen molar-refractivity contribution in [2.24, 2.45) is 0 Å². The Morgan fingerprint density at radius 3 is 2.67 bits per heavy atom. The van der Waals surface area contributed by atoms with Gasteiger partial charge in [-0.05, 0) is 24.3 Å². The van der Waals surface area contributed by atoms with Gasteiger partial charge < -0.3 is 10.4 Å². The zero-order chi connectivity index (χ0) is 15.4. The summed E-state index contributed by atoms with van der Waals surface area (Å²) in [5.41, 5.74) is 0.340. The Morgan fingerprint density at radius 1 is 1.29 bits per heavy atom. The summed E-state index contributed by atoms with van der Waals surface area (Å²) in [6, 6.07) is 11.3. The molecule has 2 aromatic rings. The molecule has 0 fully saturated rings. The maximum Gasteiger partial charge on any atom is 0.273 e. The average Bonchev–Trinajstić information content (AvgIpc) is 2.49. The number of nitrogens with one attached hydrogen (secondary N) is 1. The molecule has 0 atom stereocenters. The number of phenolic OH excluding ortho intramolecular Hbond substituents is 1. The van der Waals surface area contributed by atoms with Crippen molar-refractivity contribution in [3.05, 3.63) is 63.7 Å². The number of anilines is 1. The van der Waals surface area contributed by atoms with Crippen molar-refractivity contribution >= 4 is 17.3 Å². The first-order valence-corrected chi connectivity index (χ1v) is 5.80. The van der Waals surface area contributed by atoms with Gasteiger partial charge >= 0.3 is 0 Å². The van der Waals surface area contributed by atoms with Crippen LogP contribution in [0.2, 0.25) is 0 Å². The Kier molecular flexibility index (Phi) is 3.81. The zero-order valence-electron chi connectivity index (χ0n) is 10.6. The third-order valence-corrected chi connectivity index (χ3v) is 2.69. The first-order chi connectivity index (χ1) is 10.0. The lowest BCUT2D eigenvalue weighted by Crippen LogP contribution is -2.12. The smallest absolute Gasteiger partial charge is 0.273 e. The molecule has 0 saturated heterocycles. The third kappa shape index (κ3) is 3.13. The lowest BCUT2D eigenvalue weighted by atomic mass is 10.1. The van der Waals surface area contributed by atoms with E-state index in [1.54, 1.807) is 12.1 Å². The molecule has 2 N–H and O–H groups in total. The number of rotatable bonds is 3. The molecule has 0 bridgehead atoms. The van der Waals surface area contributed by atoms with Gasteiger partial charge in [0.2, 0.25) is 0 Å². The highest BCUT2D eigenvalue weighted by molar-refractivity contribution is 6.05. The lowest BCUT2D eigenvalue weighted by molar-refractivity contribution is -0.384. The van der Waals surface area contributed by atoms with Crippen molar-refractivity contribution in [3.8, 4) is 11.8 Å². The number of aromatic hydroxyl groups is 1. The number of nitrogens with zero attached hydrogens (tertiary/aromatic N) is 2. The number of non-ortho nitro benzene ring substituents is 1. The predicted molar refractivity (Wildman–Crippen MR) is 73.9 cm³/mol. The van der Waals surface area contributed by atoms with E-state index in [1.165, 1.54) is 24.3 Å². The average molecular weight is 283 g/mol. The lowest BCUT2D eigenvalue weighted by Gasteiger charge is -2.07. The maximum atomic E-state index is 12.0. The van der Waals surface area contributed by atoms with Crippen LogP contribution in [0.25, 0.3) is 0 Å². The monoisotopic (exact) mass is 283 g/mol. The summed E-state index contributed by atoms with van der Waals surface area (Å²) in [5.74, 6) is -0.940. The fourth-order valence-electron chi connectivity index (χ4n) is 1.66. The number of nitro benzene ring substituents is 1. The van der Waals surface area contributed by atoms with Crippen LogP contribution in [0.5, 0.6) is 5.75 Å². The number of carbonyl (C=O) groups is 1. The van der Waals surface area contributed by atoms with Crippen LogP contribution in [0.4, 0.5) is 11.4 Å². The minimum absolute atomic E-state index is 0.0490. The van der Waals surface area contributed by atoms with Gasteiger partial charge in [-0.1, -0.05) is 6.07 Å². The minimum Gasteiger partial charge on any atom is -0.506 e. The van der Waals surface area contributed by atoms with Crippen LogP contribution >= 0.6 is 0 Å². The van der Waals surface area contributed by atoms with Gasteiger partial charge in [-0.25, -0.2) is 0 Å². The van der Waals surface area contributed by atoms with Crippen LogP contribution < -0.4 is 5.32 Å². The van der Waals surface area contributed by atoms with E-state index in [2.05, 4.69) is 5.32 Å². The van der Waals surface area contributed by atoms with E-state index in [0.717, 1.165) is 6.07 Å². The van der Waals surface area contributed by atoms with Crippen LogP contribution in [-0.4, -0.2) is 15.9 Å². The summed E-state index contributed by atoms with van der Waals surface area (Å²) < 4.78 is 0. The first-order valence-electron chi connectivity index (χ1n) is 5.80. The predicted octanol–water partition coefficient (Wildman–Crippen LogP) is 2.42. The number of benzene rings is 2. The Hall–Kier alpha value is -3.40. The molecule has 7 heteroatoms. The molecule has 0 saturated carbocycles. The van der Waals surface area contributed by atoms with Crippen molar-refractivity contribution in [2.75, 3.05) is 5.32 Å². The quantitative estimate of drug-likeness (QED) is 0.509. The van der Waals surface area contributed by atoms with Gasteiger partial charge in [-0.2, -0.15) is 5.26 Å². The van der Waals surface area contributed by atoms with Crippen molar-refractivity contribution < 1.29 is 14.8 Å². The number of carbonyl (C=O) groups excluding carboxylic acids is 1. The van der Waals surface area contributed by atoms with Crippen LogP contribution in [0.1, 0.15) is 15.9 Å². The van der Waals surface area contributed by atoms with E-state index in [1.807, 2.05) is 6.07 Å². The number of amides is 1. The topological polar surface area (TPSA) is 116 Å². The van der Waals surface area contributed by atoms with E-state index in [4.69, 9.17) is 5.26 Å². The SMILES string of the molecule is N#Cc1cccc(C(=O)Nc2ccc([N+](=O)[O-])cc2O)c1. The van der Waals surface area contributed by atoms with Gasteiger partial charge in [-0.3, -0.25) is 14.9 Å². The fraction of sp³-hybridized carbons (Fsp3) is 0. The van der Waals surface area contributed by atoms with E-state index in [0.29, 0.717) is 5.56 Å². The van der Waals surface area contributed by atoms with Crippen molar-refractivity contribution in [1.82, 2.24) is 0 Å². The van der Waals surface area contributed by atoms with E-state index in [9.17, 15) is 20.0 Å². The Balaban J connectivity index is 2.23. The molecule has 0 unspecified atom stereocenters. The van der Waals surface area contributed by atoms with Gasteiger partial charge in [0, 0.05) is 11.6 Å². The molecule has 0 aromatic heterocycles. The highest BCUT2D eigenvalue weighted by atomic mass is 16.6. The van der Waals surface area contributed by atoms with Crippen LogP contribution in [0.3, 0.4) is 0 Å². The third-order valence-electron chi connectivity index (χ3n) is 2.69. The summed E-state index contributed by atoms with van der Waals surface area (Å²) in [5, 5.41) is 31.4. The number of phenols is 1. The molecule has 1 amide bonds. The highest BCUT2D eigenvalue weighted by Crippen LogP contribution is 2.28. The number of hydrogen-bond donors (Lipinski definition) is 2. The molecule has 2 aromatic carbocycles. The molecule has 0 aliphatic carbocycles. The minimum atomic E-state index is -0.651. The van der Waals surface area contributed by atoms with Crippen LogP contribution in [0.15, 0.2) is 42.5 Å². The molecule has 7 nitrogen and oxygen atoms in total. The Bertz CT molecular complexity index is 765. The van der Waals surface area contributed by atoms with Gasteiger partial charge in [-0.15, -0.1) is 0 Å². The second kappa shape index (κ2) is 5.71. The molecule has 0 aliphatic heterocycles. The molecule has 2 rings (SSSR count). The number of nitro groups is 1. The van der Waals surface area contributed by atoms with Gasteiger partial charge in [0.15, 0.2) is 0 Å². The standard InChI is InChI=1S/C14H9N3O4/c15-8-9-2-1-3-10(6-9)14(19)16-12-5-4-11(17(20)21)7-13(12)18/h1-7,18H,(H,16,19). The molecular formula is C14H9N3O4. The van der Waals surface area contributed by atoms with Crippen molar-refractivity contribution in [3.63, 3.8) is 0 Å². The normalized spacial score (nSPS) is 9.67. The van der Waals surface area contributed by atoms with Crippen molar-refractivity contribution in [2.45, 2.75) is 0 Å². The largest absolute Gasteiger partial charge is 0.506 e. The first kappa shape index (κ1) is 14.0. The molecule has 0 radical (unpaired) electrons.